The number of aromatic carboxylic acids is 1. The van der Waals surface area contributed by atoms with E-state index < -0.39 is 11.9 Å². The number of benzene rings is 1. The molecule has 1 N–H and O–H groups in total. The molecule has 1 aromatic carbocycles. The molecule has 9 heteroatoms. The van der Waals surface area contributed by atoms with Gasteiger partial charge in [0.1, 0.15) is 5.04 Å². The number of carboxylic acid groups (broad SMARTS) is 1. The van der Waals surface area contributed by atoms with Crippen molar-refractivity contribution in [3.05, 3.63) is 71.1 Å². The first-order valence-electron chi connectivity index (χ1n) is 7.75. The summed E-state index contributed by atoms with van der Waals surface area (Å²) in [7, 11) is 0. The van der Waals surface area contributed by atoms with Gasteiger partial charge in [-0.25, -0.2) is 0 Å². The molecule has 0 saturated carbocycles. The Morgan fingerprint density at radius 2 is 1.85 bits per heavy atom. The van der Waals surface area contributed by atoms with Gasteiger partial charge in [-0.15, -0.1) is 0 Å². The number of carbonyl (C=O) groups is 2. The van der Waals surface area contributed by atoms with Crippen molar-refractivity contribution in [1.29, 1.82) is 5.41 Å². The van der Waals surface area contributed by atoms with Crippen molar-refractivity contribution in [2.75, 3.05) is 0 Å². The van der Waals surface area contributed by atoms with E-state index in [1.165, 1.54) is 47.1 Å². The molecule has 0 radical (unpaired) electrons. The lowest BCUT2D eigenvalue weighted by Gasteiger charge is -2.20. The summed E-state index contributed by atoms with van der Waals surface area (Å²) in [5.41, 5.74) is 1.48. The summed E-state index contributed by atoms with van der Waals surface area (Å²) in [6.45, 7) is 0. The van der Waals surface area contributed by atoms with Gasteiger partial charge in [0, 0.05) is 18.0 Å². The monoisotopic (exact) mass is 376 g/mol. The molecule has 0 saturated heterocycles. The molecule has 0 atom stereocenters. The number of pyridine rings is 1. The highest BCUT2D eigenvalue weighted by Crippen LogP contribution is 2.30. The topological polar surface area (TPSA) is 122 Å². The van der Waals surface area contributed by atoms with Gasteiger partial charge in [0.2, 0.25) is 5.17 Å². The second-order valence-corrected chi connectivity index (χ2v) is 6.53. The lowest BCUT2D eigenvalue weighted by atomic mass is 10.1. The second kappa shape index (κ2) is 6.61. The highest BCUT2D eigenvalue weighted by molar-refractivity contribution is 8.27. The summed E-state index contributed by atoms with van der Waals surface area (Å²) in [6, 6.07) is 9.37. The normalized spacial score (nSPS) is 17.6. The number of amidine groups is 2. The van der Waals surface area contributed by atoms with Crippen LogP contribution in [0.3, 0.4) is 0 Å². The van der Waals surface area contributed by atoms with E-state index in [1.807, 2.05) is 0 Å². The van der Waals surface area contributed by atoms with Crippen LogP contribution in [0.5, 0.6) is 0 Å². The third-order valence-electron chi connectivity index (χ3n) is 3.84. The molecular weight excluding hydrogens is 366 g/mol. The van der Waals surface area contributed by atoms with Crippen LogP contribution in [0.2, 0.25) is 0 Å². The predicted octanol–water partition coefficient (Wildman–Crippen LogP) is 1.11. The molecular formula is C18H10N5O3S-. The van der Waals surface area contributed by atoms with Gasteiger partial charge < -0.3 is 9.90 Å². The van der Waals surface area contributed by atoms with Crippen molar-refractivity contribution < 1.29 is 14.7 Å². The molecule has 8 nitrogen and oxygen atoms in total. The summed E-state index contributed by atoms with van der Waals surface area (Å²) in [4.78, 5) is 31.2. The zero-order chi connectivity index (χ0) is 19.0. The van der Waals surface area contributed by atoms with Crippen molar-refractivity contribution in [2.24, 2.45) is 10.1 Å². The molecule has 0 unspecified atom stereocenters. The van der Waals surface area contributed by atoms with Gasteiger partial charge in [0.05, 0.1) is 11.5 Å². The largest absolute Gasteiger partial charge is 0.545 e. The average Bonchev–Trinajstić information content (AvgIpc) is 3.10. The summed E-state index contributed by atoms with van der Waals surface area (Å²) in [6.07, 6.45) is 4.75. The number of nitrogens with one attached hydrogen (secondary N) is 1. The van der Waals surface area contributed by atoms with Crippen molar-refractivity contribution in [2.45, 2.75) is 0 Å². The quantitative estimate of drug-likeness (QED) is 0.801. The maximum absolute atomic E-state index is 12.4. The van der Waals surface area contributed by atoms with Crippen LogP contribution in [0.1, 0.15) is 21.5 Å². The van der Waals surface area contributed by atoms with Crippen LogP contribution >= 0.6 is 11.8 Å². The lowest BCUT2D eigenvalue weighted by molar-refractivity contribution is -0.255. The fourth-order valence-electron chi connectivity index (χ4n) is 2.49. The molecule has 1 aromatic heterocycles. The Labute approximate surface area is 157 Å². The maximum atomic E-state index is 12.4. The molecule has 2 aliphatic heterocycles. The first-order chi connectivity index (χ1) is 13.0. The SMILES string of the molecule is N=C1/C(=C\c2ccc(C(=O)[O-])cc2)C(=O)N=C2SC(c3ccncc3)=NN12. The van der Waals surface area contributed by atoms with E-state index in [0.717, 1.165) is 5.56 Å². The molecule has 0 fully saturated rings. The minimum Gasteiger partial charge on any atom is -0.545 e. The lowest BCUT2D eigenvalue weighted by Crippen LogP contribution is -2.35. The van der Waals surface area contributed by atoms with Crippen molar-refractivity contribution in [3.8, 4) is 0 Å². The number of thioether (sulfide) groups is 1. The Balaban J connectivity index is 1.66. The Morgan fingerprint density at radius 3 is 2.52 bits per heavy atom. The van der Waals surface area contributed by atoms with E-state index in [2.05, 4.69) is 15.1 Å². The fraction of sp³-hybridized carbons (Fsp3) is 0. The van der Waals surface area contributed by atoms with E-state index in [0.29, 0.717) is 15.8 Å². The molecule has 0 bridgehead atoms. The number of hydrogen-bond acceptors (Lipinski definition) is 7. The Kier molecular flexibility index (Phi) is 4.13. The van der Waals surface area contributed by atoms with Crippen LogP contribution in [-0.4, -0.2) is 37.9 Å². The number of nitrogens with zero attached hydrogens (tertiary/aromatic N) is 4. The molecule has 3 heterocycles. The van der Waals surface area contributed by atoms with Gasteiger partial charge >= 0.3 is 0 Å². The number of carbonyl (C=O) groups excluding carboxylic acids is 2. The van der Waals surface area contributed by atoms with Crippen LogP contribution in [0.25, 0.3) is 6.08 Å². The summed E-state index contributed by atoms with van der Waals surface area (Å²) in [5, 5.41) is 25.8. The third kappa shape index (κ3) is 3.15. The zero-order valence-corrected chi connectivity index (χ0v) is 14.4. The number of hydrogen-bond donors (Lipinski definition) is 1. The van der Waals surface area contributed by atoms with Gasteiger partial charge in [-0.05, 0) is 41.1 Å². The van der Waals surface area contributed by atoms with Crippen LogP contribution in [0.15, 0.2) is 64.5 Å². The van der Waals surface area contributed by atoms with Crippen LogP contribution < -0.4 is 5.11 Å². The first-order valence-corrected chi connectivity index (χ1v) is 8.56. The first kappa shape index (κ1) is 16.9. The van der Waals surface area contributed by atoms with Gasteiger partial charge in [-0.1, -0.05) is 24.3 Å². The predicted molar refractivity (Wildman–Crippen MR) is 99.1 cm³/mol. The van der Waals surface area contributed by atoms with E-state index in [-0.39, 0.29) is 17.0 Å². The maximum Gasteiger partial charge on any atom is 0.283 e. The third-order valence-corrected chi connectivity index (χ3v) is 4.80. The number of aromatic nitrogens is 1. The van der Waals surface area contributed by atoms with Gasteiger partial charge in [-0.3, -0.25) is 15.2 Å². The molecule has 4 rings (SSSR count). The van der Waals surface area contributed by atoms with Crippen LogP contribution in [0, 0.1) is 5.41 Å². The average molecular weight is 376 g/mol. The minimum absolute atomic E-state index is 0.0324. The summed E-state index contributed by atoms with van der Waals surface area (Å²) < 4.78 is 0. The number of aliphatic imine (C=N–C) groups is 1. The van der Waals surface area contributed by atoms with Gasteiger partial charge in [-0.2, -0.15) is 15.1 Å². The number of amides is 1. The van der Waals surface area contributed by atoms with Crippen LogP contribution in [-0.2, 0) is 4.79 Å². The number of carboxylic acids is 1. The molecule has 132 valence electrons. The van der Waals surface area contributed by atoms with E-state index in [4.69, 9.17) is 5.41 Å². The zero-order valence-electron chi connectivity index (χ0n) is 13.6. The Bertz CT molecular complexity index is 1060. The fourth-order valence-corrected chi connectivity index (χ4v) is 3.38. The molecule has 2 aliphatic rings. The van der Waals surface area contributed by atoms with Crippen LogP contribution in [0.4, 0.5) is 0 Å². The Morgan fingerprint density at radius 1 is 1.15 bits per heavy atom. The molecule has 1 amide bonds. The van der Waals surface area contributed by atoms with E-state index in [9.17, 15) is 14.7 Å². The van der Waals surface area contributed by atoms with E-state index >= 15 is 0 Å². The molecule has 0 spiro atoms. The van der Waals surface area contributed by atoms with Crippen molar-refractivity contribution in [1.82, 2.24) is 9.99 Å². The second-order valence-electron chi connectivity index (χ2n) is 5.57. The van der Waals surface area contributed by atoms with E-state index in [1.54, 1.807) is 24.5 Å². The number of hydrazone groups is 1. The number of fused-ring (bicyclic) bond motifs is 1. The Hall–Kier alpha value is -3.59. The molecule has 0 aliphatic carbocycles. The van der Waals surface area contributed by atoms with Gasteiger partial charge in [0.25, 0.3) is 5.91 Å². The molecule has 27 heavy (non-hydrogen) atoms. The highest BCUT2D eigenvalue weighted by atomic mass is 32.2. The summed E-state index contributed by atoms with van der Waals surface area (Å²) >= 11 is 1.21. The molecule has 2 aromatic rings. The summed E-state index contributed by atoms with van der Waals surface area (Å²) in [5.74, 6) is -1.92. The minimum atomic E-state index is -1.28. The highest BCUT2D eigenvalue weighted by Gasteiger charge is 2.35. The number of rotatable bonds is 3. The van der Waals surface area contributed by atoms with Crippen molar-refractivity contribution >= 4 is 45.8 Å². The van der Waals surface area contributed by atoms with Crippen molar-refractivity contribution in [3.63, 3.8) is 0 Å². The van der Waals surface area contributed by atoms with Gasteiger partial charge in [0.15, 0.2) is 5.84 Å². The smallest absolute Gasteiger partial charge is 0.283 e. The standard InChI is InChI=1S/C18H11N5O3S/c19-14-13(9-10-1-3-12(4-2-10)17(25)26)15(24)21-18-23(14)22-16(27-18)11-5-7-20-8-6-11/h1-9,19H,(H,25,26)/p-1/b13-9+,19-14?.